The van der Waals surface area contributed by atoms with Gasteiger partial charge in [-0.25, -0.2) is 4.39 Å². The lowest BCUT2D eigenvalue weighted by Crippen LogP contribution is -2.35. The molecule has 1 aromatic rings. The lowest BCUT2D eigenvalue weighted by atomic mass is 9.95. The van der Waals surface area contributed by atoms with Crippen molar-refractivity contribution in [1.29, 1.82) is 5.26 Å². The van der Waals surface area contributed by atoms with E-state index in [1.165, 1.54) is 6.07 Å². The molecule has 0 aliphatic carbocycles. The van der Waals surface area contributed by atoms with Crippen molar-refractivity contribution in [3.63, 3.8) is 0 Å². The Hall–Kier alpha value is -1.44. The lowest BCUT2D eigenvalue weighted by Gasteiger charge is -2.32. The van der Waals surface area contributed by atoms with Gasteiger partial charge >= 0.3 is 0 Å². The molecule has 1 unspecified atom stereocenters. The third-order valence-electron chi connectivity index (χ3n) is 3.72. The highest BCUT2D eigenvalue weighted by atomic mass is 19.1. The van der Waals surface area contributed by atoms with Crippen molar-refractivity contribution in [2.45, 2.75) is 25.8 Å². The minimum absolute atomic E-state index is 0.226. The van der Waals surface area contributed by atoms with E-state index in [1.807, 2.05) is 6.07 Å². The number of nitrogens with zero attached hydrogens (tertiary/aromatic N) is 2. The van der Waals surface area contributed by atoms with Crippen molar-refractivity contribution in [2.75, 3.05) is 19.7 Å². The number of nitriles is 1. The van der Waals surface area contributed by atoms with Crippen LogP contribution in [0.2, 0.25) is 0 Å². The minimum atomic E-state index is -0.302. The van der Waals surface area contributed by atoms with E-state index < -0.39 is 0 Å². The zero-order chi connectivity index (χ0) is 13.7. The molecule has 19 heavy (non-hydrogen) atoms. The molecule has 102 valence electrons. The zero-order valence-electron chi connectivity index (χ0n) is 11.0. The highest BCUT2D eigenvalue weighted by molar-refractivity contribution is 5.32. The predicted molar refractivity (Wildman–Crippen MR) is 70.8 cm³/mol. The summed E-state index contributed by atoms with van der Waals surface area (Å²) in [4.78, 5) is 2.23. The van der Waals surface area contributed by atoms with Crippen LogP contribution in [-0.2, 0) is 6.54 Å². The first-order chi connectivity index (χ1) is 9.22. The molecule has 0 bridgehead atoms. The summed E-state index contributed by atoms with van der Waals surface area (Å²) >= 11 is 0. The normalized spacial score (nSPS) is 20.2. The third-order valence-corrected chi connectivity index (χ3v) is 3.72. The fourth-order valence-electron chi connectivity index (χ4n) is 2.70. The van der Waals surface area contributed by atoms with Gasteiger partial charge in [0.05, 0.1) is 11.6 Å². The summed E-state index contributed by atoms with van der Waals surface area (Å²) in [6.45, 7) is 2.70. The van der Waals surface area contributed by atoms with Gasteiger partial charge in [-0.3, -0.25) is 4.90 Å². The van der Waals surface area contributed by atoms with Gasteiger partial charge in [-0.1, -0.05) is 6.07 Å². The standard InChI is InChI=1S/C15H19FN2O/c16-15-8-13(9-17)3-4-14(15)11-18-6-1-2-12(10-18)5-7-19/h3-4,8,12,19H,1-2,5-7,10-11H2. The molecule has 2 rings (SSSR count). The van der Waals surface area contributed by atoms with Crippen LogP contribution in [0.5, 0.6) is 0 Å². The molecule has 0 aromatic heterocycles. The number of benzene rings is 1. The molecule has 0 spiro atoms. The molecule has 1 aliphatic rings. The number of rotatable bonds is 4. The summed E-state index contributed by atoms with van der Waals surface area (Å²) < 4.78 is 13.8. The number of aliphatic hydroxyl groups is 1. The highest BCUT2D eigenvalue weighted by Gasteiger charge is 2.20. The average Bonchev–Trinajstić information content (AvgIpc) is 2.42. The third kappa shape index (κ3) is 3.76. The van der Waals surface area contributed by atoms with Gasteiger partial charge in [0, 0.05) is 25.3 Å². The van der Waals surface area contributed by atoms with Crippen LogP contribution in [0, 0.1) is 23.1 Å². The summed E-state index contributed by atoms with van der Waals surface area (Å²) in [7, 11) is 0. The molecule has 1 aromatic carbocycles. The quantitative estimate of drug-likeness (QED) is 0.905. The van der Waals surface area contributed by atoms with E-state index in [2.05, 4.69) is 4.90 Å². The van der Waals surface area contributed by atoms with E-state index in [4.69, 9.17) is 10.4 Å². The molecule has 0 radical (unpaired) electrons. The Labute approximate surface area is 113 Å². The summed E-state index contributed by atoms with van der Waals surface area (Å²) in [5, 5.41) is 17.7. The van der Waals surface area contributed by atoms with Crippen molar-refractivity contribution < 1.29 is 9.50 Å². The topological polar surface area (TPSA) is 47.3 Å². The second-order valence-electron chi connectivity index (χ2n) is 5.17. The molecule has 1 fully saturated rings. The minimum Gasteiger partial charge on any atom is -0.396 e. The maximum atomic E-state index is 13.8. The molecule has 1 heterocycles. The number of aliphatic hydroxyl groups excluding tert-OH is 1. The molecule has 1 atom stereocenters. The Morgan fingerprint density at radius 2 is 2.32 bits per heavy atom. The van der Waals surface area contributed by atoms with E-state index in [9.17, 15) is 4.39 Å². The van der Waals surface area contributed by atoms with Crippen LogP contribution in [0.15, 0.2) is 18.2 Å². The summed E-state index contributed by atoms with van der Waals surface area (Å²) in [5.74, 6) is 0.212. The maximum Gasteiger partial charge on any atom is 0.129 e. The van der Waals surface area contributed by atoms with Crippen LogP contribution in [0.3, 0.4) is 0 Å². The lowest BCUT2D eigenvalue weighted by molar-refractivity contribution is 0.141. The Balaban J connectivity index is 1.99. The van der Waals surface area contributed by atoms with Crippen molar-refractivity contribution >= 4 is 0 Å². The van der Waals surface area contributed by atoms with Crippen molar-refractivity contribution in [1.82, 2.24) is 4.90 Å². The largest absolute Gasteiger partial charge is 0.396 e. The second kappa shape index (κ2) is 6.65. The number of hydrogen-bond acceptors (Lipinski definition) is 3. The smallest absolute Gasteiger partial charge is 0.129 e. The van der Waals surface area contributed by atoms with Crippen LogP contribution in [-0.4, -0.2) is 29.7 Å². The number of hydrogen-bond donors (Lipinski definition) is 1. The fourth-order valence-corrected chi connectivity index (χ4v) is 2.70. The van der Waals surface area contributed by atoms with Crippen LogP contribution in [0.1, 0.15) is 30.4 Å². The van der Waals surface area contributed by atoms with Gasteiger partial charge in [-0.2, -0.15) is 5.26 Å². The Morgan fingerprint density at radius 1 is 1.47 bits per heavy atom. The van der Waals surface area contributed by atoms with E-state index >= 15 is 0 Å². The van der Waals surface area contributed by atoms with E-state index in [0.717, 1.165) is 32.4 Å². The molecule has 1 saturated heterocycles. The van der Waals surface area contributed by atoms with Crippen LogP contribution >= 0.6 is 0 Å². The summed E-state index contributed by atoms with van der Waals surface area (Å²) in [5.41, 5.74) is 1.00. The molecule has 0 amide bonds. The first-order valence-electron chi connectivity index (χ1n) is 6.74. The molecule has 1 aliphatic heterocycles. The maximum absolute atomic E-state index is 13.8. The van der Waals surface area contributed by atoms with Gasteiger partial charge in [-0.05, 0) is 43.9 Å². The molecular weight excluding hydrogens is 243 g/mol. The van der Waals surface area contributed by atoms with Gasteiger partial charge in [0.25, 0.3) is 0 Å². The number of likely N-dealkylation sites (tertiary alicyclic amines) is 1. The van der Waals surface area contributed by atoms with E-state index in [0.29, 0.717) is 23.6 Å². The highest BCUT2D eigenvalue weighted by Crippen LogP contribution is 2.22. The molecule has 0 saturated carbocycles. The second-order valence-corrected chi connectivity index (χ2v) is 5.17. The first kappa shape index (κ1) is 14.0. The predicted octanol–water partition coefficient (Wildman–Crippen LogP) is 2.29. The molecular formula is C15H19FN2O. The molecule has 4 heteroatoms. The Kier molecular flexibility index (Phi) is 4.89. The SMILES string of the molecule is N#Cc1ccc(CN2CCCC(CCO)C2)c(F)c1. The molecule has 1 N–H and O–H groups in total. The Bertz CT molecular complexity index is 468. The molecule has 3 nitrogen and oxygen atoms in total. The van der Waals surface area contributed by atoms with Crippen molar-refractivity contribution in [2.24, 2.45) is 5.92 Å². The van der Waals surface area contributed by atoms with Crippen LogP contribution in [0.4, 0.5) is 4.39 Å². The van der Waals surface area contributed by atoms with Gasteiger partial charge in [-0.15, -0.1) is 0 Å². The van der Waals surface area contributed by atoms with Crippen molar-refractivity contribution in [3.8, 4) is 6.07 Å². The van der Waals surface area contributed by atoms with Gasteiger partial charge in [0.2, 0.25) is 0 Å². The number of halogens is 1. The van der Waals surface area contributed by atoms with Gasteiger partial charge < -0.3 is 5.11 Å². The van der Waals surface area contributed by atoms with Gasteiger partial charge in [0.15, 0.2) is 0 Å². The van der Waals surface area contributed by atoms with Gasteiger partial charge in [0.1, 0.15) is 5.82 Å². The van der Waals surface area contributed by atoms with Crippen LogP contribution in [0.25, 0.3) is 0 Å². The van der Waals surface area contributed by atoms with Crippen LogP contribution < -0.4 is 0 Å². The number of piperidine rings is 1. The van der Waals surface area contributed by atoms with Crippen molar-refractivity contribution in [3.05, 3.63) is 35.1 Å². The summed E-state index contributed by atoms with van der Waals surface area (Å²) in [6.07, 6.45) is 3.07. The zero-order valence-corrected chi connectivity index (χ0v) is 11.0. The average molecular weight is 262 g/mol. The fraction of sp³-hybridized carbons (Fsp3) is 0.533. The Morgan fingerprint density at radius 3 is 3.00 bits per heavy atom. The van der Waals surface area contributed by atoms with E-state index in [-0.39, 0.29) is 12.4 Å². The first-order valence-corrected chi connectivity index (χ1v) is 6.74. The summed E-state index contributed by atoms with van der Waals surface area (Å²) in [6, 6.07) is 6.60. The monoisotopic (exact) mass is 262 g/mol. The van der Waals surface area contributed by atoms with E-state index in [1.54, 1.807) is 12.1 Å².